The first kappa shape index (κ1) is 24.9. The molecule has 1 amide bonds. The van der Waals surface area contributed by atoms with Crippen molar-refractivity contribution < 1.29 is 26.7 Å². The fourth-order valence-corrected chi connectivity index (χ4v) is 6.59. The van der Waals surface area contributed by atoms with Gasteiger partial charge in [0.25, 0.3) is 5.91 Å². The fourth-order valence-electron chi connectivity index (χ4n) is 3.89. The second kappa shape index (κ2) is 10.2. The van der Waals surface area contributed by atoms with Crippen LogP contribution in [0.2, 0.25) is 5.02 Å². The van der Waals surface area contributed by atoms with Crippen LogP contribution in [-0.2, 0) is 26.1 Å². The number of hydrogen-bond acceptors (Lipinski definition) is 5. The molecule has 182 valence electrons. The van der Waals surface area contributed by atoms with Crippen molar-refractivity contribution in [2.75, 3.05) is 26.8 Å². The molecular formula is C22H22ClF2N3O4S2. The molecule has 12 heteroatoms. The molecule has 0 spiro atoms. The molecule has 0 saturated carbocycles. The molecule has 4 rings (SSSR count). The average molecular weight is 530 g/mol. The maximum absolute atomic E-state index is 14.5. The molecule has 1 aliphatic heterocycles. The highest BCUT2D eigenvalue weighted by molar-refractivity contribution is 7.89. The lowest BCUT2D eigenvalue weighted by Crippen LogP contribution is -2.40. The van der Waals surface area contributed by atoms with Crippen LogP contribution >= 0.6 is 22.9 Å². The van der Waals surface area contributed by atoms with Gasteiger partial charge in [-0.2, -0.15) is 9.30 Å². The molecule has 0 aliphatic carbocycles. The monoisotopic (exact) mass is 529 g/mol. The van der Waals surface area contributed by atoms with Crippen LogP contribution in [0.3, 0.4) is 0 Å². The summed E-state index contributed by atoms with van der Waals surface area (Å²) in [5.74, 6) is -2.34. The van der Waals surface area contributed by atoms with E-state index in [0.29, 0.717) is 22.6 Å². The van der Waals surface area contributed by atoms with Crippen LogP contribution < -0.4 is 4.80 Å². The van der Waals surface area contributed by atoms with Gasteiger partial charge in [-0.25, -0.2) is 17.2 Å². The summed E-state index contributed by atoms with van der Waals surface area (Å²) in [5.41, 5.74) is 0.166. The highest BCUT2D eigenvalue weighted by atomic mass is 35.5. The lowest BCUT2D eigenvalue weighted by atomic mass is 9.98. The summed E-state index contributed by atoms with van der Waals surface area (Å²) in [6.07, 6.45) is 0.613. The minimum atomic E-state index is -3.69. The third-order valence-corrected chi connectivity index (χ3v) is 8.86. The van der Waals surface area contributed by atoms with Crippen LogP contribution in [0.4, 0.5) is 8.78 Å². The number of ether oxygens (including phenoxy) is 1. The van der Waals surface area contributed by atoms with Gasteiger partial charge < -0.3 is 9.30 Å². The Morgan fingerprint density at radius 1 is 1.21 bits per heavy atom. The summed E-state index contributed by atoms with van der Waals surface area (Å²) in [5, 5.41) is 0.441. The van der Waals surface area contributed by atoms with Crippen LogP contribution in [0.15, 0.2) is 46.3 Å². The number of hydrogen-bond donors (Lipinski definition) is 0. The van der Waals surface area contributed by atoms with Crippen LogP contribution in [0.25, 0.3) is 10.2 Å². The number of piperidine rings is 1. The lowest BCUT2D eigenvalue weighted by molar-refractivity contribution is -0.122. The van der Waals surface area contributed by atoms with Crippen molar-refractivity contribution in [1.82, 2.24) is 8.87 Å². The van der Waals surface area contributed by atoms with Crippen molar-refractivity contribution in [3.05, 3.63) is 57.9 Å². The molecular weight excluding hydrogens is 508 g/mol. The van der Waals surface area contributed by atoms with E-state index in [1.165, 1.54) is 46.3 Å². The van der Waals surface area contributed by atoms with Gasteiger partial charge >= 0.3 is 0 Å². The number of carbonyl (C=O) groups excluding carboxylic acids is 1. The number of methoxy groups -OCH3 is 1. The molecule has 0 radical (unpaired) electrons. The van der Waals surface area contributed by atoms with Crippen LogP contribution in [0.1, 0.15) is 12.8 Å². The van der Waals surface area contributed by atoms with Gasteiger partial charge in [0.1, 0.15) is 5.82 Å². The molecule has 34 heavy (non-hydrogen) atoms. The Hall–Kier alpha value is -2.18. The highest BCUT2D eigenvalue weighted by Crippen LogP contribution is 2.26. The molecule has 0 N–H and O–H groups in total. The van der Waals surface area contributed by atoms with Gasteiger partial charge in [0, 0.05) is 43.8 Å². The summed E-state index contributed by atoms with van der Waals surface area (Å²) in [4.78, 5) is 17.5. The number of sulfonamides is 1. The third-order valence-electron chi connectivity index (χ3n) is 5.67. The van der Waals surface area contributed by atoms with Gasteiger partial charge in [-0.05, 0) is 43.2 Å². The summed E-state index contributed by atoms with van der Waals surface area (Å²) in [6, 6.07) is 7.93. The number of halogens is 3. The largest absolute Gasteiger partial charge is 0.383 e. The van der Waals surface area contributed by atoms with Gasteiger partial charge in [-0.1, -0.05) is 22.9 Å². The van der Waals surface area contributed by atoms with Crippen molar-refractivity contribution in [2.24, 2.45) is 10.9 Å². The molecule has 3 aromatic rings. The van der Waals surface area contributed by atoms with E-state index in [2.05, 4.69) is 4.99 Å². The van der Waals surface area contributed by atoms with E-state index in [9.17, 15) is 22.0 Å². The van der Waals surface area contributed by atoms with E-state index < -0.39 is 33.5 Å². The van der Waals surface area contributed by atoms with E-state index >= 15 is 0 Å². The maximum atomic E-state index is 14.5. The van der Waals surface area contributed by atoms with Crippen molar-refractivity contribution in [3.8, 4) is 0 Å². The van der Waals surface area contributed by atoms with Crippen molar-refractivity contribution in [2.45, 2.75) is 24.3 Å². The summed E-state index contributed by atoms with van der Waals surface area (Å²) >= 11 is 6.87. The molecule has 2 aromatic carbocycles. The van der Waals surface area contributed by atoms with Gasteiger partial charge in [0.05, 0.1) is 21.7 Å². The Labute approximate surface area is 204 Å². The predicted molar refractivity (Wildman–Crippen MR) is 125 cm³/mol. The molecule has 0 unspecified atom stereocenters. The highest BCUT2D eigenvalue weighted by Gasteiger charge is 2.32. The molecule has 1 fully saturated rings. The van der Waals surface area contributed by atoms with Gasteiger partial charge in [0.15, 0.2) is 10.6 Å². The van der Waals surface area contributed by atoms with Crippen LogP contribution in [0, 0.1) is 17.6 Å². The molecule has 7 nitrogen and oxygen atoms in total. The summed E-state index contributed by atoms with van der Waals surface area (Å²) in [7, 11) is -2.19. The number of thiazole rings is 1. The molecule has 2 heterocycles. The van der Waals surface area contributed by atoms with Gasteiger partial charge in [-0.3, -0.25) is 4.79 Å². The zero-order valence-corrected chi connectivity index (χ0v) is 20.6. The second-order valence-corrected chi connectivity index (χ2v) is 11.2. The zero-order chi connectivity index (χ0) is 24.5. The Morgan fingerprint density at radius 2 is 1.88 bits per heavy atom. The standard InChI is InChI=1S/C22H22ClF2N3O4S2/c1-32-11-10-28-20-18(25)12-16(24)13-19(20)33-22(28)26-21(29)14-6-8-27(9-7-14)34(30,31)17-4-2-15(23)3-5-17/h2-5,12-14H,6-11H2,1H3. The summed E-state index contributed by atoms with van der Waals surface area (Å²) in [6.45, 7) is 0.841. The van der Waals surface area contributed by atoms with E-state index in [0.717, 1.165) is 17.4 Å². The van der Waals surface area contributed by atoms with Crippen molar-refractivity contribution in [1.29, 1.82) is 0 Å². The number of aromatic nitrogens is 1. The molecule has 0 bridgehead atoms. The number of amides is 1. The van der Waals surface area contributed by atoms with Crippen LogP contribution in [-0.4, -0.2) is 50.0 Å². The smallest absolute Gasteiger partial charge is 0.251 e. The maximum Gasteiger partial charge on any atom is 0.251 e. The Bertz CT molecular complexity index is 1380. The number of rotatable bonds is 6. The molecule has 1 saturated heterocycles. The first-order valence-corrected chi connectivity index (χ1v) is 13.2. The van der Waals surface area contributed by atoms with Gasteiger partial charge in [-0.15, -0.1) is 0 Å². The molecule has 0 atom stereocenters. The minimum absolute atomic E-state index is 0.144. The Morgan fingerprint density at radius 3 is 2.53 bits per heavy atom. The van der Waals surface area contributed by atoms with E-state index in [4.69, 9.17) is 16.3 Å². The first-order chi connectivity index (χ1) is 16.2. The van der Waals surface area contributed by atoms with E-state index in [1.807, 2.05) is 0 Å². The first-order valence-electron chi connectivity index (χ1n) is 10.5. The van der Waals surface area contributed by atoms with Gasteiger partial charge in [0.2, 0.25) is 10.0 Å². The Kier molecular flexibility index (Phi) is 7.48. The zero-order valence-electron chi connectivity index (χ0n) is 18.2. The topological polar surface area (TPSA) is 81.0 Å². The number of fused-ring (bicyclic) bond motifs is 1. The predicted octanol–water partition coefficient (Wildman–Crippen LogP) is 3.81. The molecule has 1 aliphatic rings. The quantitative estimate of drug-likeness (QED) is 0.486. The van der Waals surface area contributed by atoms with Crippen LogP contribution in [0.5, 0.6) is 0 Å². The average Bonchev–Trinajstić information content (AvgIpc) is 3.14. The SMILES string of the molecule is COCCn1c(=NC(=O)C2CCN(S(=O)(=O)c3ccc(Cl)cc3)CC2)sc2cc(F)cc(F)c21. The summed E-state index contributed by atoms with van der Waals surface area (Å²) < 4.78 is 62.2. The lowest BCUT2D eigenvalue weighted by Gasteiger charge is -2.29. The fraction of sp³-hybridized carbons (Fsp3) is 0.364. The third kappa shape index (κ3) is 5.08. The van der Waals surface area contributed by atoms with Crippen molar-refractivity contribution in [3.63, 3.8) is 0 Å². The van der Waals surface area contributed by atoms with E-state index in [1.54, 1.807) is 0 Å². The second-order valence-electron chi connectivity index (χ2n) is 7.85. The number of carbonyl (C=O) groups is 1. The van der Waals surface area contributed by atoms with Crippen molar-refractivity contribution >= 4 is 49.1 Å². The number of nitrogens with zero attached hydrogens (tertiary/aromatic N) is 3. The Balaban J connectivity index is 1.55. The minimum Gasteiger partial charge on any atom is -0.383 e. The van der Waals surface area contributed by atoms with E-state index in [-0.39, 0.29) is 41.5 Å². The molecule has 1 aromatic heterocycles. The number of benzene rings is 2. The normalized spacial score (nSPS) is 16.4.